The van der Waals surface area contributed by atoms with Crippen LogP contribution in [0.3, 0.4) is 0 Å². The van der Waals surface area contributed by atoms with Gasteiger partial charge in [0.25, 0.3) is 5.89 Å². The number of aromatic nitrogens is 6. The lowest BCUT2D eigenvalue weighted by Crippen LogP contribution is -1.95. The van der Waals surface area contributed by atoms with Crippen LogP contribution in [0.15, 0.2) is 52.3 Å². The molecule has 4 aromatic rings. The van der Waals surface area contributed by atoms with E-state index in [2.05, 4.69) is 25.4 Å². The topological polar surface area (TPSA) is 82.5 Å². The molecule has 0 spiro atoms. The van der Waals surface area contributed by atoms with Crippen molar-refractivity contribution in [1.29, 1.82) is 0 Å². The Morgan fingerprint density at radius 3 is 2.74 bits per heavy atom. The maximum absolute atomic E-state index is 13.9. The van der Waals surface area contributed by atoms with E-state index in [-0.39, 0.29) is 11.5 Å². The van der Waals surface area contributed by atoms with Gasteiger partial charge in [0.1, 0.15) is 5.82 Å². The largest absolute Gasteiger partial charge is 0.420 e. The summed E-state index contributed by atoms with van der Waals surface area (Å²) in [7, 11) is 1.87. The summed E-state index contributed by atoms with van der Waals surface area (Å²) in [4.78, 5) is 4.00. The molecule has 0 atom stereocenters. The van der Waals surface area contributed by atoms with Crippen molar-refractivity contribution in [3.05, 3.63) is 59.5 Å². The van der Waals surface area contributed by atoms with Gasteiger partial charge in [-0.05, 0) is 30.3 Å². The van der Waals surface area contributed by atoms with Gasteiger partial charge in [-0.2, -0.15) is 0 Å². The van der Waals surface area contributed by atoms with Gasteiger partial charge in [-0.25, -0.2) is 4.39 Å². The molecule has 1 aromatic carbocycles. The molecule has 136 valence electrons. The normalized spacial score (nSPS) is 11.1. The fourth-order valence-electron chi connectivity index (χ4n) is 2.40. The Morgan fingerprint density at radius 2 is 1.93 bits per heavy atom. The summed E-state index contributed by atoms with van der Waals surface area (Å²) in [5, 5.41) is 17.3. The second-order valence-electron chi connectivity index (χ2n) is 5.51. The molecule has 0 aliphatic heterocycles. The standard InChI is InChI=1S/C17H12ClFN6OS/c1-25-15(10-4-6-20-7-5-10)22-24-17(25)27-9-14-21-23-16(26-14)12-8-11(18)2-3-13(12)19/h2-8H,9H2,1H3. The van der Waals surface area contributed by atoms with Gasteiger partial charge in [0, 0.05) is 30.0 Å². The first kappa shape index (κ1) is 17.6. The molecule has 0 saturated carbocycles. The second-order valence-corrected chi connectivity index (χ2v) is 6.89. The number of pyridine rings is 1. The monoisotopic (exact) mass is 402 g/mol. The first-order chi connectivity index (χ1) is 13.1. The average molecular weight is 403 g/mol. The predicted octanol–water partition coefficient (Wildman–Crippen LogP) is 4.01. The van der Waals surface area contributed by atoms with Gasteiger partial charge in [0.05, 0.1) is 11.3 Å². The molecular formula is C17H12ClFN6OS. The molecule has 3 heterocycles. The van der Waals surface area contributed by atoms with Crippen LogP contribution < -0.4 is 0 Å². The fourth-order valence-corrected chi connectivity index (χ4v) is 3.32. The van der Waals surface area contributed by atoms with Crippen molar-refractivity contribution in [2.24, 2.45) is 7.05 Å². The van der Waals surface area contributed by atoms with Crippen LogP contribution >= 0.6 is 23.4 Å². The zero-order chi connectivity index (χ0) is 18.8. The first-order valence-electron chi connectivity index (χ1n) is 7.82. The lowest BCUT2D eigenvalue weighted by molar-refractivity contribution is 0.522. The highest BCUT2D eigenvalue weighted by molar-refractivity contribution is 7.98. The van der Waals surface area contributed by atoms with Gasteiger partial charge in [0.2, 0.25) is 5.89 Å². The Labute approximate surface area is 162 Å². The molecule has 4 rings (SSSR count). The third-order valence-corrected chi connectivity index (χ3v) is 4.96. The van der Waals surface area contributed by atoms with Crippen molar-refractivity contribution in [3.8, 4) is 22.8 Å². The number of nitrogens with zero attached hydrogens (tertiary/aromatic N) is 6. The lowest BCUT2D eigenvalue weighted by Gasteiger charge is -2.02. The Bertz CT molecular complexity index is 1080. The highest BCUT2D eigenvalue weighted by atomic mass is 35.5. The van der Waals surface area contributed by atoms with E-state index in [4.69, 9.17) is 16.0 Å². The molecule has 10 heteroatoms. The Kier molecular flexibility index (Phi) is 4.87. The summed E-state index contributed by atoms with van der Waals surface area (Å²) in [6, 6.07) is 7.90. The van der Waals surface area contributed by atoms with E-state index in [9.17, 15) is 4.39 Å². The van der Waals surface area contributed by atoms with Crippen molar-refractivity contribution in [2.75, 3.05) is 0 Å². The minimum atomic E-state index is -0.474. The van der Waals surface area contributed by atoms with E-state index in [0.717, 1.165) is 11.4 Å². The predicted molar refractivity (Wildman–Crippen MR) is 98.5 cm³/mol. The molecular weight excluding hydrogens is 391 g/mol. The molecule has 0 N–H and O–H groups in total. The van der Waals surface area contributed by atoms with Crippen LogP contribution in [0.4, 0.5) is 4.39 Å². The smallest absolute Gasteiger partial charge is 0.250 e. The van der Waals surface area contributed by atoms with Crippen molar-refractivity contribution in [3.63, 3.8) is 0 Å². The molecule has 0 amide bonds. The van der Waals surface area contributed by atoms with E-state index < -0.39 is 5.82 Å². The van der Waals surface area contributed by atoms with Gasteiger partial charge in [-0.1, -0.05) is 23.4 Å². The molecule has 0 radical (unpaired) electrons. The van der Waals surface area contributed by atoms with Crippen molar-refractivity contribution >= 4 is 23.4 Å². The van der Waals surface area contributed by atoms with Crippen LogP contribution in [-0.2, 0) is 12.8 Å². The third-order valence-electron chi connectivity index (χ3n) is 3.72. The minimum absolute atomic E-state index is 0.0843. The number of benzene rings is 1. The summed E-state index contributed by atoms with van der Waals surface area (Å²) in [5.41, 5.74) is 1.09. The molecule has 0 bridgehead atoms. The number of rotatable bonds is 5. The highest BCUT2D eigenvalue weighted by Gasteiger charge is 2.16. The average Bonchev–Trinajstić information content (AvgIpc) is 3.29. The first-order valence-corrected chi connectivity index (χ1v) is 9.18. The Balaban J connectivity index is 1.50. The van der Waals surface area contributed by atoms with Crippen LogP contribution in [0.2, 0.25) is 5.02 Å². The zero-order valence-corrected chi connectivity index (χ0v) is 15.6. The van der Waals surface area contributed by atoms with Crippen LogP contribution in [0.25, 0.3) is 22.8 Å². The van der Waals surface area contributed by atoms with Gasteiger partial charge < -0.3 is 8.98 Å². The summed E-state index contributed by atoms with van der Waals surface area (Å²) >= 11 is 7.29. The highest BCUT2D eigenvalue weighted by Crippen LogP contribution is 2.28. The maximum Gasteiger partial charge on any atom is 0.250 e. The summed E-state index contributed by atoms with van der Waals surface area (Å²) in [6.07, 6.45) is 3.40. The van der Waals surface area contributed by atoms with Crippen LogP contribution in [0, 0.1) is 5.82 Å². The van der Waals surface area contributed by atoms with Crippen LogP contribution in [-0.4, -0.2) is 29.9 Å². The lowest BCUT2D eigenvalue weighted by atomic mass is 10.2. The summed E-state index contributed by atoms with van der Waals surface area (Å²) < 4.78 is 21.3. The molecule has 0 unspecified atom stereocenters. The fraction of sp³-hybridized carbons (Fsp3) is 0.118. The van der Waals surface area contributed by atoms with Crippen LogP contribution in [0.1, 0.15) is 5.89 Å². The van der Waals surface area contributed by atoms with Crippen molar-refractivity contribution in [1.82, 2.24) is 29.9 Å². The quantitative estimate of drug-likeness (QED) is 0.466. The van der Waals surface area contributed by atoms with Gasteiger partial charge in [0.15, 0.2) is 11.0 Å². The van der Waals surface area contributed by atoms with Gasteiger partial charge in [-0.15, -0.1) is 20.4 Å². The van der Waals surface area contributed by atoms with E-state index in [1.54, 1.807) is 12.4 Å². The van der Waals surface area contributed by atoms with E-state index in [1.807, 2.05) is 23.7 Å². The maximum atomic E-state index is 13.9. The molecule has 0 aliphatic carbocycles. The Hall–Kier alpha value is -2.78. The third kappa shape index (κ3) is 3.69. The molecule has 0 aliphatic rings. The molecule has 7 nitrogen and oxygen atoms in total. The molecule has 27 heavy (non-hydrogen) atoms. The van der Waals surface area contributed by atoms with Gasteiger partial charge >= 0.3 is 0 Å². The summed E-state index contributed by atoms with van der Waals surface area (Å²) in [5.74, 6) is 1.06. The second kappa shape index (κ2) is 7.45. The van der Waals surface area contributed by atoms with E-state index in [1.165, 1.54) is 30.0 Å². The Morgan fingerprint density at radius 1 is 1.11 bits per heavy atom. The van der Waals surface area contributed by atoms with Crippen molar-refractivity contribution < 1.29 is 8.81 Å². The van der Waals surface area contributed by atoms with Crippen LogP contribution in [0.5, 0.6) is 0 Å². The SMILES string of the molecule is Cn1c(SCc2nnc(-c3cc(Cl)ccc3F)o2)nnc1-c1ccncc1. The number of hydrogen-bond acceptors (Lipinski definition) is 7. The number of thioether (sulfide) groups is 1. The summed E-state index contributed by atoms with van der Waals surface area (Å²) in [6.45, 7) is 0. The number of halogens is 2. The molecule has 3 aromatic heterocycles. The molecule has 0 fully saturated rings. The van der Waals surface area contributed by atoms with Gasteiger partial charge in [-0.3, -0.25) is 4.98 Å². The van der Waals surface area contributed by atoms with Crippen molar-refractivity contribution in [2.45, 2.75) is 10.9 Å². The molecule has 0 saturated heterocycles. The van der Waals surface area contributed by atoms with E-state index in [0.29, 0.717) is 21.8 Å². The number of hydrogen-bond donors (Lipinski definition) is 0. The minimum Gasteiger partial charge on any atom is -0.420 e. The zero-order valence-electron chi connectivity index (χ0n) is 14.0. The van der Waals surface area contributed by atoms with E-state index >= 15 is 0 Å².